The summed E-state index contributed by atoms with van der Waals surface area (Å²) in [6, 6.07) is 1.98. The summed E-state index contributed by atoms with van der Waals surface area (Å²) >= 11 is 0. The van der Waals surface area contributed by atoms with Crippen molar-refractivity contribution in [2.45, 2.75) is 18.6 Å². The predicted octanol–water partition coefficient (Wildman–Crippen LogP) is 1.05. The topological polar surface area (TPSA) is 66.8 Å². The molecule has 2 rings (SSSR count). The Morgan fingerprint density at radius 1 is 1.43 bits per heavy atom. The number of rotatable bonds is 5. The number of ether oxygens (including phenoxy) is 1. The summed E-state index contributed by atoms with van der Waals surface area (Å²) in [6.07, 6.45) is -0.873. The maximum absolute atomic E-state index is 13.9. The van der Waals surface area contributed by atoms with E-state index in [1.807, 2.05) is 0 Å². The minimum atomic E-state index is -3.72. The average molecular weight is 321 g/mol. The number of sulfonamides is 1. The van der Waals surface area contributed by atoms with Crippen molar-refractivity contribution in [3.63, 3.8) is 0 Å². The van der Waals surface area contributed by atoms with E-state index in [0.29, 0.717) is 0 Å². The molecule has 1 fully saturated rings. The molecule has 118 valence electrons. The number of hydrogen-bond donors (Lipinski definition) is 1. The van der Waals surface area contributed by atoms with Gasteiger partial charge in [0.05, 0.1) is 24.5 Å². The zero-order valence-corrected chi connectivity index (χ0v) is 12.3. The van der Waals surface area contributed by atoms with Gasteiger partial charge in [0.2, 0.25) is 10.0 Å². The second-order valence-corrected chi connectivity index (χ2v) is 6.99. The van der Waals surface area contributed by atoms with Crippen LogP contribution in [-0.4, -0.2) is 49.9 Å². The molecule has 1 aliphatic heterocycles. The third kappa shape index (κ3) is 3.57. The first-order valence-electron chi connectivity index (χ1n) is 6.46. The van der Waals surface area contributed by atoms with E-state index in [1.54, 1.807) is 0 Å². The minimum Gasteiger partial charge on any atom is -0.392 e. The first-order chi connectivity index (χ1) is 9.85. The fourth-order valence-corrected chi connectivity index (χ4v) is 4.05. The van der Waals surface area contributed by atoms with Gasteiger partial charge in [-0.25, -0.2) is 17.2 Å². The van der Waals surface area contributed by atoms with Gasteiger partial charge in [-0.15, -0.1) is 0 Å². The Bertz CT molecular complexity index is 608. The maximum atomic E-state index is 13.9. The zero-order chi connectivity index (χ0) is 15.6. The second kappa shape index (κ2) is 6.35. The Morgan fingerprint density at radius 2 is 2.14 bits per heavy atom. The van der Waals surface area contributed by atoms with Crippen molar-refractivity contribution in [1.29, 1.82) is 0 Å². The van der Waals surface area contributed by atoms with Crippen molar-refractivity contribution in [3.8, 4) is 0 Å². The molecule has 1 aromatic rings. The van der Waals surface area contributed by atoms with Gasteiger partial charge in [-0.05, 0) is 24.6 Å². The van der Waals surface area contributed by atoms with Gasteiger partial charge in [0.25, 0.3) is 0 Å². The van der Waals surface area contributed by atoms with Crippen molar-refractivity contribution in [2.75, 3.05) is 26.0 Å². The van der Waals surface area contributed by atoms with Crippen molar-refractivity contribution in [3.05, 3.63) is 35.4 Å². The molecule has 2 unspecified atom stereocenters. The van der Waals surface area contributed by atoms with Crippen LogP contribution < -0.4 is 0 Å². The molecule has 1 N–H and O–H groups in total. The third-order valence-electron chi connectivity index (χ3n) is 3.45. The molecule has 5 nitrogen and oxygen atoms in total. The van der Waals surface area contributed by atoms with E-state index in [9.17, 15) is 22.3 Å². The van der Waals surface area contributed by atoms with Crippen LogP contribution >= 0.6 is 0 Å². The van der Waals surface area contributed by atoms with Crippen LogP contribution in [0.25, 0.3) is 0 Å². The molecule has 0 bridgehead atoms. The average Bonchev–Trinajstić information content (AvgIpc) is 2.82. The molecule has 0 aromatic heterocycles. The SMILES string of the molecule is COCCS(=O)(=O)N1CC(O)CC1c1cc(F)ccc1F. The molecule has 1 saturated heterocycles. The monoisotopic (exact) mass is 321 g/mol. The van der Waals surface area contributed by atoms with Crippen LogP contribution in [0.4, 0.5) is 8.78 Å². The van der Waals surface area contributed by atoms with Crippen molar-refractivity contribution < 1.29 is 27.0 Å². The van der Waals surface area contributed by atoms with Crippen LogP contribution in [0, 0.1) is 11.6 Å². The van der Waals surface area contributed by atoms with E-state index >= 15 is 0 Å². The zero-order valence-electron chi connectivity index (χ0n) is 11.5. The summed E-state index contributed by atoms with van der Waals surface area (Å²) < 4.78 is 57.4. The largest absolute Gasteiger partial charge is 0.392 e. The van der Waals surface area contributed by atoms with Crippen LogP contribution in [0.3, 0.4) is 0 Å². The minimum absolute atomic E-state index is 0.00667. The van der Waals surface area contributed by atoms with Gasteiger partial charge in [0, 0.05) is 19.2 Å². The number of halogens is 2. The van der Waals surface area contributed by atoms with Crippen LogP contribution in [0.15, 0.2) is 18.2 Å². The summed E-state index contributed by atoms with van der Waals surface area (Å²) in [6.45, 7) is -0.139. The molecular formula is C13H17F2NO4S. The number of aliphatic hydroxyl groups excluding tert-OH is 1. The number of aliphatic hydroxyl groups is 1. The Labute approximate surface area is 122 Å². The number of nitrogens with zero attached hydrogens (tertiary/aromatic N) is 1. The molecule has 8 heteroatoms. The van der Waals surface area contributed by atoms with Crippen molar-refractivity contribution in [1.82, 2.24) is 4.31 Å². The first-order valence-corrected chi connectivity index (χ1v) is 8.07. The van der Waals surface area contributed by atoms with E-state index in [1.165, 1.54) is 7.11 Å². The van der Waals surface area contributed by atoms with Crippen LogP contribution in [0.1, 0.15) is 18.0 Å². The first kappa shape index (κ1) is 16.3. The number of methoxy groups -OCH3 is 1. The lowest BCUT2D eigenvalue weighted by molar-refractivity contribution is 0.188. The molecule has 2 atom stereocenters. The number of benzene rings is 1. The smallest absolute Gasteiger partial charge is 0.217 e. The van der Waals surface area contributed by atoms with Crippen molar-refractivity contribution in [2.24, 2.45) is 0 Å². The fourth-order valence-electron chi connectivity index (χ4n) is 2.45. The second-order valence-electron chi connectivity index (χ2n) is 4.95. The molecule has 1 heterocycles. The molecule has 0 spiro atoms. The molecule has 21 heavy (non-hydrogen) atoms. The van der Waals surface area contributed by atoms with Gasteiger partial charge in [-0.2, -0.15) is 4.31 Å². The van der Waals surface area contributed by atoms with Gasteiger partial charge < -0.3 is 9.84 Å². The van der Waals surface area contributed by atoms with Gasteiger partial charge in [0.1, 0.15) is 11.6 Å². The molecule has 1 aromatic carbocycles. The highest BCUT2D eigenvalue weighted by molar-refractivity contribution is 7.89. The summed E-state index contributed by atoms with van der Waals surface area (Å²) in [7, 11) is -2.35. The van der Waals surface area contributed by atoms with E-state index in [0.717, 1.165) is 22.5 Å². The van der Waals surface area contributed by atoms with Gasteiger partial charge >= 0.3 is 0 Å². The molecular weight excluding hydrogens is 304 g/mol. The lowest BCUT2D eigenvalue weighted by atomic mass is 10.0. The summed E-state index contributed by atoms with van der Waals surface area (Å²) in [5.41, 5.74) is -0.0625. The molecule has 0 radical (unpaired) electrons. The van der Waals surface area contributed by atoms with E-state index < -0.39 is 33.8 Å². The van der Waals surface area contributed by atoms with E-state index in [2.05, 4.69) is 0 Å². The lowest BCUT2D eigenvalue weighted by Crippen LogP contribution is -2.35. The predicted molar refractivity (Wildman–Crippen MR) is 72.1 cm³/mol. The van der Waals surface area contributed by atoms with Crippen LogP contribution in [0.2, 0.25) is 0 Å². The summed E-state index contributed by atoms with van der Waals surface area (Å²) in [5, 5.41) is 9.73. The number of hydrogen-bond acceptors (Lipinski definition) is 4. The van der Waals surface area contributed by atoms with Gasteiger partial charge in [-0.1, -0.05) is 0 Å². The standard InChI is InChI=1S/C13H17F2NO4S/c1-20-4-5-21(18,19)16-8-10(17)7-13(16)11-6-9(14)2-3-12(11)15/h2-3,6,10,13,17H,4-5,7-8H2,1H3. The van der Waals surface area contributed by atoms with E-state index in [4.69, 9.17) is 4.74 Å². The summed E-state index contributed by atoms with van der Waals surface area (Å²) in [5.74, 6) is -1.62. The molecule has 0 amide bonds. The normalized spacial score (nSPS) is 23.6. The highest BCUT2D eigenvalue weighted by Crippen LogP contribution is 2.36. The number of β-amino-alcohol motifs (C(OH)–C–C–N with tert-alkyl or cyclic N) is 1. The fraction of sp³-hybridized carbons (Fsp3) is 0.538. The third-order valence-corrected chi connectivity index (χ3v) is 5.25. The molecule has 1 aliphatic rings. The Hall–Kier alpha value is -1.09. The van der Waals surface area contributed by atoms with Gasteiger partial charge in [-0.3, -0.25) is 0 Å². The quantitative estimate of drug-likeness (QED) is 0.880. The van der Waals surface area contributed by atoms with E-state index in [-0.39, 0.29) is 30.9 Å². The highest BCUT2D eigenvalue weighted by Gasteiger charge is 2.40. The molecule has 0 aliphatic carbocycles. The van der Waals surface area contributed by atoms with Crippen LogP contribution in [0.5, 0.6) is 0 Å². The van der Waals surface area contributed by atoms with Crippen LogP contribution in [-0.2, 0) is 14.8 Å². The highest BCUT2D eigenvalue weighted by atomic mass is 32.2. The van der Waals surface area contributed by atoms with Gasteiger partial charge in [0.15, 0.2) is 0 Å². The Balaban J connectivity index is 2.35. The maximum Gasteiger partial charge on any atom is 0.217 e. The molecule has 0 saturated carbocycles. The lowest BCUT2D eigenvalue weighted by Gasteiger charge is -2.24. The Kier molecular flexibility index (Phi) is 4.92. The summed E-state index contributed by atoms with van der Waals surface area (Å²) in [4.78, 5) is 0. The Morgan fingerprint density at radius 3 is 2.81 bits per heavy atom. The van der Waals surface area contributed by atoms with Crippen molar-refractivity contribution >= 4 is 10.0 Å².